The first-order chi connectivity index (χ1) is 15.1. The van der Waals surface area contributed by atoms with Crippen LogP contribution >= 0.6 is 23.2 Å². The van der Waals surface area contributed by atoms with Crippen LogP contribution < -0.4 is 10.5 Å². The number of nitrogens with two attached hydrogens (primary N) is 1. The van der Waals surface area contributed by atoms with E-state index in [4.69, 9.17) is 49.9 Å². The molecular formula is C22H24Cl2N6OS. The molecule has 10 heteroatoms. The van der Waals surface area contributed by atoms with Crippen LogP contribution in [0.4, 0.5) is 5.69 Å². The highest BCUT2D eigenvalue weighted by Crippen LogP contribution is 2.33. The van der Waals surface area contributed by atoms with Crippen molar-refractivity contribution in [3.05, 3.63) is 76.1 Å². The third-order valence-electron chi connectivity index (χ3n) is 4.06. The summed E-state index contributed by atoms with van der Waals surface area (Å²) < 4.78 is 10.1. The summed E-state index contributed by atoms with van der Waals surface area (Å²) in [6.07, 6.45) is 12.2. The standard InChI is InChI=1S/C22H24Cl2N6OS/c1-13(22-17(23)11-29-12-18(22)24)31-15-6-8-20(27)16(10-15)19(26)7-4-14(25)5-9-21(28)30-32(2)3/h4-13,25-26,28H,27H2,1-3H3/b7-4+,9-5-,25-14?,26-19?,28-21?. The number of hydrogen-bond acceptors (Lipinski definition) is 6. The summed E-state index contributed by atoms with van der Waals surface area (Å²) >= 11 is 12.4. The normalized spacial score (nSPS) is 12.3. The van der Waals surface area contributed by atoms with Crippen molar-refractivity contribution in [2.45, 2.75) is 13.0 Å². The zero-order valence-electron chi connectivity index (χ0n) is 17.8. The van der Waals surface area contributed by atoms with Crippen LogP contribution in [0.2, 0.25) is 10.0 Å². The van der Waals surface area contributed by atoms with E-state index >= 15 is 0 Å². The molecule has 1 aromatic heterocycles. The van der Waals surface area contributed by atoms with E-state index in [2.05, 4.69) is 9.35 Å². The number of nitrogens with one attached hydrogen (secondary N) is 3. The van der Waals surface area contributed by atoms with Gasteiger partial charge in [-0.25, -0.2) is 4.36 Å². The van der Waals surface area contributed by atoms with E-state index in [1.807, 2.05) is 19.4 Å². The van der Waals surface area contributed by atoms with E-state index in [0.29, 0.717) is 32.6 Å². The fraction of sp³-hybridized carbons (Fsp3) is 0.182. The Hall–Kier alpha value is -2.81. The second-order valence-corrected chi connectivity index (χ2v) is 9.36. The molecule has 0 saturated heterocycles. The van der Waals surface area contributed by atoms with E-state index in [0.717, 1.165) is 0 Å². The van der Waals surface area contributed by atoms with Gasteiger partial charge in [-0.3, -0.25) is 10.4 Å². The van der Waals surface area contributed by atoms with Crippen LogP contribution in [0.5, 0.6) is 5.75 Å². The summed E-state index contributed by atoms with van der Waals surface area (Å²) in [6.45, 7) is 1.81. The number of rotatable bonds is 8. The molecule has 0 saturated carbocycles. The Kier molecular flexibility index (Phi) is 9.31. The number of allylic oxidation sites excluding steroid dienone is 3. The first kappa shape index (κ1) is 25.5. The molecule has 2 aromatic rings. The van der Waals surface area contributed by atoms with Gasteiger partial charge in [0.25, 0.3) is 0 Å². The Morgan fingerprint density at radius 2 is 1.72 bits per heavy atom. The van der Waals surface area contributed by atoms with Crippen LogP contribution in [0.15, 0.2) is 59.3 Å². The minimum atomic E-state index is -0.454. The van der Waals surface area contributed by atoms with Crippen molar-refractivity contribution >= 4 is 56.8 Å². The summed E-state index contributed by atoms with van der Waals surface area (Å²) in [6, 6.07) is 5.00. The van der Waals surface area contributed by atoms with Crippen LogP contribution in [0.25, 0.3) is 0 Å². The lowest BCUT2D eigenvalue weighted by Crippen LogP contribution is -2.07. The molecule has 0 aliphatic rings. The minimum Gasteiger partial charge on any atom is -0.486 e. The van der Waals surface area contributed by atoms with E-state index in [1.165, 1.54) is 36.7 Å². The Morgan fingerprint density at radius 3 is 2.34 bits per heavy atom. The van der Waals surface area contributed by atoms with Crippen molar-refractivity contribution in [3.63, 3.8) is 0 Å². The maximum Gasteiger partial charge on any atom is 0.151 e. The van der Waals surface area contributed by atoms with Gasteiger partial charge in [0.2, 0.25) is 0 Å². The Balaban J connectivity index is 2.14. The highest BCUT2D eigenvalue weighted by Gasteiger charge is 2.16. The molecule has 0 aliphatic carbocycles. The molecular weight excluding hydrogens is 467 g/mol. The molecule has 0 spiro atoms. The van der Waals surface area contributed by atoms with Gasteiger partial charge in [0, 0.05) is 29.2 Å². The topological polar surface area (TPSA) is 132 Å². The van der Waals surface area contributed by atoms with Crippen LogP contribution in [-0.4, -0.2) is 34.8 Å². The number of hydrogen-bond donors (Lipinski definition) is 4. The largest absolute Gasteiger partial charge is 0.486 e. The molecule has 0 aliphatic heterocycles. The first-order valence-corrected chi connectivity index (χ1v) is 12.1. The SMILES string of the molecule is CC(Oc1ccc(N)c(C(=N)/C=C/C(=N)/C=C\C(=N)N=S(C)C)c1)c1c(Cl)cncc1Cl. The zero-order chi connectivity index (χ0) is 23.8. The van der Waals surface area contributed by atoms with Gasteiger partial charge >= 0.3 is 0 Å². The van der Waals surface area contributed by atoms with Crippen LogP contribution in [0.3, 0.4) is 0 Å². The van der Waals surface area contributed by atoms with Gasteiger partial charge in [-0.15, -0.1) is 0 Å². The Labute approximate surface area is 199 Å². The number of ether oxygens (including phenoxy) is 1. The van der Waals surface area contributed by atoms with Crippen LogP contribution in [0, 0.1) is 16.2 Å². The number of amidine groups is 1. The average molecular weight is 491 g/mol. The molecule has 5 N–H and O–H groups in total. The van der Waals surface area contributed by atoms with Gasteiger partial charge in [-0.1, -0.05) is 33.9 Å². The number of aromatic nitrogens is 1. The van der Waals surface area contributed by atoms with Gasteiger partial charge in [0.1, 0.15) is 11.9 Å². The van der Waals surface area contributed by atoms with Crippen molar-refractivity contribution in [2.75, 3.05) is 18.2 Å². The summed E-state index contributed by atoms with van der Waals surface area (Å²) in [7, 11) is -0.238. The molecule has 2 rings (SSSR count). The molecule has 0 amide bonds. The van der Waals surface area contributed by atoms with Crippen molar-refractivity contribution in [2.24, 2.45) is 4.36 Å². The van der Waals surface area contributed by atoms with E-state index in [-0.39, 0.29) is 28.0 Å². The summed E-state index contributed by atoms with van der Waals surface area (Å²) in [5.74, 6) is 0.590. The van der Waals surface area contributed by atoms with Crippen molar-refractivity contribution in [1.82, 2.24) is 4.98 Å². The molecule has 32 heavy (non-hydrogen) atoms. The molecule has 0 fully saturated rings. The Morgan fingerprint density at radius 1 is 1.09 bits per heavy atom. The number of benzene rings is 1. The van der Waals surface area contributed by atoms with Gasteiger partial charge in [0.15, 0.2) is 5.84 Å². The Bertz CT molecular complexity index is 1120. The predicted octanol–water partition coefficient (Wildman–Crippen LogP) is 5.65. The van der Waals surface area contributed by atoms with Gasteiger partial charge in [0.05, 0.1) is 21.5 Å². The fourth-order valence-electron chi connectivity index (χ4n) is 2.63. The summed E-state index contributed by atoms with van der Waals surface area (Å²) in [5, 5.41) is 24.8. The molecule has 168 valence electrons. The lowest BCUT2D eigenvalue weighted by Gasteiger charge is -2.18. The van der Waals surface area contributed by atoms with E-state index in [9.17, 15) is 0 Å². The highest BCUT2D eigenvalue weighted by molar-refractivity contribution is 7.86. The molecule has 7 nitrogen and oxygen atoms in total. The molecule has 1 aromatic carbocycles. The van der Waals surface area contributed by atoms with Crippen LogP contribution in [0.1, 0.15) is 24.2 Å². The highest BCUT2D eigenvalue weighted by atomic mass is 35.5. The zero-order valence-corrected chi connectivity index (χ0v) is 20.1. The minimum absolute atomic E-state index is 0.101. The van der Waals surface area contributed by atoms with Crippen LogP contribution in [-0.2, 0) is 10.7 Å². The predicted molar refractivity (Wildman–Crippen MR) is 136 cm³/mol. The van der Waals surface area contributed by atoms with Gasteiger partial charge < -0.3 is 21.3 Å². The average Bonchev–Trinajstić information content (AvgIpc) is 2.71. The number of nitrogens with zero attached hydrogens (tertiary/aromatic N) is 2. The number of anilines is 1. The molecule has 0 radical (unpaired) electrons. The molecule has 1 atom stereocenters. The quantitative estimate of drug-likeness (QED) is 0.216. The molecule has 1 heterocycles. The fourth-order valence-corrected chi connectivity index (χ4v) is 3.76. The summed E-state index contributed by atoms with van der Waals surface area (Å²) in [4.78, 5) is 3.94. The van der Waals surface area contributed by atoms with Crippen molar-refractivity contribution < 1.29 is 4.74 Å². The van der Waals surface area contributed by atoms with Crippen molar-refractivity contribution in [3.8, 4) is 5.75 Å². The third kappa shape index (κ3) is 7.40. The maximum atomic E-state index is 8.33. The maximum absolute atomic E-state index is 8.33. The van der Waals surface area contributed by atoms with Gasteiger partial charge in [-0.2, -0.15) is 0 Å². The number of nitrogen functional groups attached to an aromatic ring is 1. The first-order valence-electron chi connectivity index (χ1n) is 9.35. The second-order valence-electron chi connectivity index (χ2n) is 6.81. The van der Waals surface area contributed by atoms with Crippen molar-refractivity contribution in [1.29, 1.82) is 16.2 Å². The second kappa shape index (κ2) is 11.7. The van der Waals surface area contributed by atoms with E-state index < -0.39 is 6.10 Å². The molecule has 0 bridgehead atoms. The number of pyridine rings is 1. The lowest BCUT2D eigenvalue weighted by molar-refractivity contribution is 0.227. The number of halogens is 2. The van der Waals surface area contributed by atoms with Gasteiger partial charge in [-0.05, 0) is 61.9 Å². The monoisotopic (exact) mass is 490 g/mol. The summed E-state index contributed by atoms with van der Waals surface area (Å²) in [5.41, 5.74) is 7.76. The van der Waals surface area contributed by atoms with E-state index in [1.54, 1.807) is 18.2 Å². The third-order valence-corrected chi connectivity index (χ3v) is 5.22. The molecule has 1 unspecified atom stereocenters. The lowest BCUT2D eigenvalue weighted by atomic mass is 10.1. The smallest absolute Gasteiger partial charge is 0.151 e.